The van der Waals surface area contributed by atoms with Crippen molar-refractivity contribution in [2.24, 2.45) is 0 Å². The second kappa shape index (κ2) is 8.93. The highest BCUT2D eigenvalue weighted by Crippen LogP contribution is 2.23. The predicted octanol–water partition coefficient (Wildman–Crippen LogP) is 4.16. The van der Waals surface area contributed by atoms with E-state index in [1.54, 1.807) is 12.4 Å². The molecule has 1 heterocycles. The minimum atomic E-state index is -0.0801. The highest BCUT2D eigenvalue weighted by molar-refractivity contribution is 7.99. The van der Waals surface area contributed by atoms with E-state index in [2.05, 4.69) is 22.4 Å². The van der Waals surface area contributed by atoms with Crippen LogP contribution < -0.4 is 5.32 Å². The Hall–Kier alpha value is -1.53. The fraction of sp³-hybridized carbons (Fsp3) is 0.438. The van der Waals surface area contributed by atoms with Gasteiger partial charge in [-0.15, -0.1) is 10.2 Å². The molecule has 0 saturated carbocycles. The maximum Gasteiger partial charge on any atom is 0.234 e. The van der Waals surface area contributed by atoms with Crippen LogP contribution in [0, 0.1) is 6.92 Å². The summed E-state index contributed by atoms with van der Waals surface area (Å²) in [6.45, 7) is 4.94. The smallest absolute Gasteiger partial charge is 0.234 e. The standard InChI is InChI=1S/C16H21ClN4OS/c1-3-4-5-9-21-11-18-20-16(21)23-10-15(22)19-14-8-6-7-13(17)12(14)2/h6-8,11H,3-5,9-10H2,1-2H3,(H,19,22). The Morgan fingerprint density at radius 2 is 2.22 bits per heavy atom. The van der Waals surface area contributed by atoms with E-state index in [0.717, 1.165) is 29.4 Å². The second-order valence-electron chi connectivity index (χ2n) is 5.26. The van der Waals surface area contributed by atoms with Crippen LogP contribution in [0.2, 0.25) is 5.02 Å². The summed E-state index contributed by atoms with van der Waals surface area (Å²) in [5.41, 5.74) is 1.61. The minimum absolute atomic E-state index is 0.0801. The van der Waals surface area contributed by atoms with Crippen LogP contribution in [-0.2, 0) is 11.3 Å². The molecule has 5 nitrogen and oxygen atoms in total. The topological polar surface area (TPSA) is 59.8 Å². The zero-order valence-electron chi connectivity index (χ0n) is 13.4. The Balaban J connectivity index is 1.87. The van der Waals surface area contributed by atoms with Gasteiger partial charge in [-0.2, -0.15) is 0 Å². The molecule has 2 aromatic rings. The molecule has 1 aromatic heterocycles. The third-order valence-electron chi connectivity index (χ3n) is 3.46. The van der Waals surface area contributed by atoms with Gasteiger partial charge in [0.1, 0.15) is 6.33 Å². The van der Waals surface area contributed by atoms with Gasteiger partial charge in [-0.05, 0) is 31.0 Å². The van der Waals surface area contributed by atoms with Crippen LogP contribution in [0.5, 0.6) is 0 Å². The van der Waals surface area contributed by atoms with Gasteiger partial charge in [0.2, 0.25) is 5.91 Å². The lowest BCUT2D eigenvalue weighted by atomic mass is 10.2. The van der Waals surface area contributed by atoms with Crippen molar-refractivity contribution in [2.75, 3.05) is 11.1 Å². The second-order valence-corrected chi connectivity index (χ2v) is 6.61. The SMILES string of the molecule is CCCCCn1cnnc1SCC(=O)Nc1cccc(Cl)c1C. The van der Waals surface area contributed by atoms with Crippen molar-refractivity contribution < 1.29 is 4.79 Å². The van der Waals surface area contributed by atoms with E-state index in [1.165, 1.54) is 24.6 Å². The molecule has 0 spiro atoms. The van der Waals surface area contributed by atoms with Gasteiger partial charge in [-0.25, -0.2) is 0 Å². The normalized spacial score (nSPS) is 10.7. The summed E-state index contributed by atoms with van der Waals surface area (Å²) in [6, 6.07) is 5.47. The van der Waals surface area contributed by atoms with E-state index in [1.807, 2.05) is 23.6 Å². The molecule has 0 radical (unpaired) electrons. The molecule has 0 fully saturated rings. The molecule has 0 aliphatic rings. The van der Waals surface area contributed by atoms with Crippen molar-refractivity contribution in [3.8, 4) is 0 Å². The number of amides is 1. The van der Waals surface area contributed by atoms with Crippen LogP contribution in [-0.4, -0.2) is 26.4 Å². The van der Waals surface area contributed by atoms with Crippen LogP contribution in [0.3, 0.4) is 0 Å². The van der Waals surface area contributed by atoms with Gasteiger partial charge in [0.15, 0.2) is 5.16 Å². The van der Waals surface area contributed by atoms with Gasteiger partial charge in [0, 0.05) is 17.3 Å². The monoisotopic (exact) mass is 352 g/mol. The van der Waals surface area contributed by atoms with Gasteiger partial charge < -0.3 is 9.88 Å². The number of rotatable bonds is 8. The molecular formula is C16H21ClN4OS. The van der Waals surface area contributed by atoms with Crippen LogP contribution in [0.4, 0.5) is 5.69 Å². The van der Waals surface area contributed by atoms with Crippen molar-refractivity contribution >= 4 is 35.0 Å². The molecule has 0 bridgehead atoms. The fourth-order valence-electron chi connectivity index (χ4n) is 2.10. The quantitative estimate of drug-likeness (QED) is 0.572. The molecule has 2 rings (SSSR count). The molecule has 1 N–H and O–H groups in total. The number of hydrogen-bond acceptors (Lipinski definition) is 4. The fourth-order valence-corrected chi connectivity index (χ4v) is 3.02. The van der Waals surface area contributed by atoms with E-state index in [0.29, 0.717) is 10.8 Å². The largest absolute Gasteiger partial charge is 0.325 e. The van der Waals surface area contributed by atoms with Gasteiger partial charge in [0.25, 0.3) is 0 Å². The number of benzene rings is 1. The van der Waals surface area contributed by atoms with E-state index in [9.17, 15) is 4.79 Å². The number of aromatic nitrogens is 3. The summed E-state index contributed by atoms with van der Waals surface area (Å²) >= 11 is 7.45. The number of carbonyl (C=O) groups is 1. The first-order valence-electron chi connectivity index (χ1n) is 7.67. The lowest BCUT2D eigenvalue weighted by molar-refractivity contribution is -0.113. The number of thioether (sulfide) groups is 1. The molecule has 0 saturated heterocycles. The number of nitrogens with zero attached hydrogens (tertiary/aromatic N) is 3. The summed E-state index contributed by atoms with van der Waals surface area (Å²) < 4.78 is 2.00. The molecule has 23 heavy (non-hydrogen) atoms. The molecule has 1 aromatic carbocycles. The van der Waals surface area contributed by atoms with E-state index in [4.69, 9.17) is 11.6 Å². The Bertz CT molecular complexity index is 659. The first-order chi connectivity index (χ1) is 11.1. The predicted molar refractivity (Wildman–Crippen MR) is 95.1 cm³/mol. The molecule has 1 amide bonds. The number of nitrogens with one attached hydrogen (secondary N) is 1. The first-order valence-corrected chi connectivity index (χ1v) is 9.03. The molecule has 0 aliphatic carbocycles. The van der Waals surface area contributed by atoms with E-state index >= 15 is 0 Å². The number of hydrogen-bond donors (Lipinski definition) is 1. The molecular weight excluding hydrogens is 332 g/mol. The van der Waals surface area contributed by atoms with Crippen molar-refractivity contribution in [1.82, 2.24) is 14.8 Å². The maximum absolute atomic E-state index is 12.1. The molecule has 0 atom stereocenters. The van der Waals surface area contributed by atoms with E-state index in [-0.39, 0.29) is 5.91 Å². The van der Waals surface area contributed by atoms with Gasteiger partial charge >= 0.3 is 0 Å². The molecule has 124 valence electrons. The Labute approximate surface area is 145 Å². The maximum atomic E-state index is 12.1. The average Bonchev–Trinajstić information content (AvgIpc) is 2.98. The van der Waals surface area contributed by atoms with Gasteiger partial charge in [0.05, 0.1) is 5.75 Å². The van der Waals surface area contributed by atoms with Crippen molar-refractivity contribution in [3.63, 3.8) is 0 Å². The number of aryl methyl sites for hydroxylation is 1. The third kappa shape index (κ3) is 5.25. The summed E-state index contributed by atoms with van der Waals surface area (Å²) in [5.74, 6) is 0.210. The summed E-state index contributed by atoms with van der Waals surface area (Å²) in [7, 11) is 0. The van der Waals surface area contributed by atoms with Crippen LogP contribution in [0.15, 0.2) is 29.7 Å². The molecule has 7 heteroatoms. The summed E-state index contributed by atoms with van der Waals surface area (Å²) in [4.78, 5) is 12.1. The minimum Gasteiger partial charge on any atom is -0.325 e. The third-order valence-corrected chi connectivity index (χ3v) is 4.85. The van der Waals surface area contributed by atoms with Crippen molar-refractivity contribution in [1.29, 1.82) is 0 Å². The summed E-state index contributed by atoms with van der Waals surface area (Å²) in [6.07, 6.45) is 5.16. The van der Waals surface area contributed by atoms with Crippen LogP contribution >= 0.6 is 23.4 Å². The number of unbranched alkanes of at least 4 members (excludes halogenated alkanes) is 2. The van der Waals surface area contributed by atoms with Gasteiger partial charge in [-0.3, -0.25) is 4.79 Å². The highest BCUT2D eigenvalue weighted by atomic mass is 35.5. The Morgan fingerprint density at radius 3 is 3.00 bits per heavy atom. The van der Waals surface area contributed by atoms with Crippen molar-refractivity contribution in [3.05, 3.63) is 35.1 Å². The van der Waals surface area contributed by atoms with Gasteiger partial charge in [-0.1, -0.05) is 49.2 Å². The Morgan fingerprint density at radius 1 is 1.39 bits per heavy atom. The first kappa shape index (κ1) is 17.8. The average molecular weight is 353 g/mol. The number of halogens is 1. The van der Waals surface area contributed by atoms with Crippen LogP contribution in [0.1, 0.15) is 31.7 Å². The summed E-state index contributed by atoms with van der Waals surface area (Å²) in [5, 5.41) is 12.3. The zero-order chi connectivity index (χ0) is 16.7. The van der Waals surface area contributed by atoms with E-state index < -0.39 is 0 Å². The van der Waals surface area contributed by atoms with Crippen LogP contribution in [0.25, 0.3) is 0 Å². The number of anilines is 1. The molecule has 0 aliphatic heterocycles. The molecule has 0 unspecified atom stereocenters. The lowest BCUT2D eigenvalue weighted by Crippen LogP contribution is -2.15. The number of carbonyl (C=O) groups excluding carboxylic acids is 1. The zero-order valence-corrected chi connectivity index (χ0v) is 15.0. The Kier molecular flexibility index (Phi) is 6.92. The lowest BCUT2D eigenvalue weighted by Gasteiger charge is -2.09. The van der Waals surface area contributed by atoms with Crippen molar-refractivity contribution in [2.45, 2.75) is 44.8 Å². The highest BCUT2D eigenvalue weighted by Gasteiger charge is 2.10.